The van der Waals surface area contributed by atoms with Crippen LogP contribution in [0.5, 0.6) is 0 Å². The number of rotatable bonds is 3. The summed E-state index contributed by atoms with van der Waals surface area (Å²) in [6.45, 7) is 11.7. The van der Waals surface area contributed by atoms with E-state index in [2.05, 4.69) is 38.8 Å². The summed E-state index contributed by atoms with van der Waals surface area (Å²) in [5, 5.41) is 0.899. The van der Waals surface area contributed by atoms with Gasteiger partial charge in [0.25, 0.3) is 0 Å². The molecule has 1 rings (SSSR count). The summed E-state index contributed by atoms with van der Waals surface area (Å²) in [6, 6.07) is 3.76. The van der Waals surface area contributed by atoms with Crippen LogP contribution in [0.4, 0.5) is 0 Å². The lowest BCUT2D eigenvalue weighted by molar-refractivity contribution is 0.272. The molecule has 4 heteroatoms. The third-order valence-corrected chi connectivity index (χ3v) is 7.88. The highest BCUT2D eigenvalue weighted by atomic mass is 35.5. The first-order valence-electron chi connectivity index (χ1n) is 5.47. The summed E-state index contributed by atoms with van der Waals surface area (Å²) < 4.78 is 6.05. The van der Waals surface area contributed by atoms with E-state index in [1.807, 2.05) is 12.1 Å². The van der Waals surface area contributed by atoms with Crippen LogP contribution in [0.1, 0.15) is 26.5 Å². The second kappa shape index (κ2) is 4.86. The van der Waals surface area contributed by atoms with Crippen molar-refractivity contribution in [1.29, 1.82) is 0 Å². The minimum Gasteiger partial charge on any atom is -0.411 e. The molecule has 1 heterocycles. The number of halogens is 1. The highest BCUT2D eigenvalue weighted by Crippen LogP contribution is 2.36. The minimum absolute atomic E-state index is 0.236. The highest BCUT2D eigenvalue weighted by Gasteiger charge is 2.37. The van der Waals surface area contributed by atoms with Gasteiger partial charge in [-0.1, -0.05) is 32.4 Å². The second-order valence-corrected chi connectivity index (χ2v) is 10.8. The van der Waals surface area contributed by atoms with Gasteiger partial charge < -0.3 is 4.43 Å². The Morgan fingerprint density at radius 1 is 1.31 bits per heavy atom. The van der Waals surface area contributed by atoms with Crippen LogP contribution in [0.2, 0.25) is 23.2 Å². The van der Waals surface area contributed by atoms with Gasteiger partial charge in [-0.15, -0.1) is 0 Å². The summed E-state index contributed by atoms with van der Waals surface area (Å²) in [5.41, 5.74) is 0.939. The molecule has 2 nitrogen and oxygen atoms in total. The van der Waals surface area contributed by atoms with Gasteiger partial charge in [-0.05, 0) is 30.3 Å². The van der Waals surface area contributed by atoms with Crippen LogP contribution in [0, 0.1) is 0 Å². The molecule has 1 aromatic rings. The van der Waals surface area contributed by atoms with Crippen LogP contribution >= 0.6 is 11.6 Å². The standard InChI is InChI=1S/C12H20ClNOSi/c1-12(2,3)16(4,5)15-9-11-7-6-10(13)8-14-11/h6-8H,9H2,1-5H3. The maximum Gasteiger partial charge on any atom is 0.192 e. The highest BCUT2D eigenvalue weighted by molar-refractivity contribution is 6.74. The number of hydrogen-bond acceptors (Lipinski definition) is 2. The van der Waals surface area contributed by atoms with E-state index >= 15 is 0 Å². The SMILES string of the molecule is CC(C)(C)[Si](C)(C)OCc1ccc(Cl)cn1. The van der Waals surface area contributed by atoms with E-state index in [1.165, 1.54) is 0 Å². The van der Waals surface area contributed by atoms with Gasteiger partial charge in [-0.3, -0.25) is 4.98 Å². The number of aromatic nitrogens is 1. The third kappa shape index (κ3) is 3.58. The van der Waals surface area contributed by atoms with E-state index < -0.39 is 8.32 Å². The summed E-state index contributed by atoms with van der Waals surface area (Å²) in [7, 11) is -1.67. The van der Waals surface area contributed by atoms with Crippen molar-refractivity contribution in [2.75, 3.05) is 0 Å². The van der Waals surface area contributed by atoms with Gasteiger partial charge in [-0.2, -0.15) is 0 Å². The summed E-state index contributed by atoms with van der Waals surface area (Å²) in [6.07, 6.45) is 1.66. The van der Waals surface area contributed by atoms with Crippen LogP contribution in [0.3, 0.4) is 0 Å². The van der Waals surface area contributed by atoms with Crippen molar-refractivity contribution in [2.45, 2.75) is 45.5 Å². The molecule has 0 aromatic carbocycles. The van der Waals surface area contributed by atoms with Gasteiger partial charge in [-0.25, -0.2) is 0 Å². The molecule has 1 aromatic heterocycles. The topological polar surface area (TPSA) is 22.1 Å². The smallest absolute Gasteiger partial charge is 0.192 e. The largest absolute Gasteiger partial charge is 0.411 e. The van der Waals surface area contributed by atoms with E-state index in [-0.39, 0.29) is 5.04 Å². The number of pyridine rings is 1. The fraction of sp³-hybridized carbons (Fsp3) is 0.583. The lowest BCUT2D eigenvalue weighted by atomic mass is 10.2. The molecule has 0 fully saturated rings. The van der Waals surface area contributed by atoms with Gasteiger partial charge in [0.2, 0.25) is 0 Å². The Bertz CT molecular complexity index is 343. The van der Waals surface area contributed by atoms with Gasteiger partial charge in [0.15, 0.2) is 8.32 Å². The molecule has 0 N–H and O–H groups in total. The average molecular weight is 258 g/mol. The Balaban J connectivity index is 2.61. The quantitative estimate of drug-likeness (QED) is 0.755. The first-order chi connectivity index (χ1) is 7.22. The van der Waals surface area contributed by atoms with Crippen LogP contribution in [-0.4, -0.2) is 13.3 Å². The normalized spacial score (nSPS) is 12.9. The molecule has 0 saturated carbocycles. The summed E-state index contributed by atoms with van der Waals surface area (Å²) in [4.78, 5) is 4.23. The zero-order valence-corrected chi connectivity index (χ0v) is 12.4. The van der Waals surface area contributed by atoms with E-state index in [1.54, 1.807) is 6.20 Å². The second-order valence-electron chi connectivity index (χ2n) is 5.52. The zero-order chi connectivity index (χ0) is 12.4. The molecular weight excluding hydrogens is 238 g/mol. The average Bonchev–Trinajstić information content (AvgIpc) is 2.15. The molecule has 0 aliphatic rings. The van der Waals surface area contributed by atoms with E-state index in [0.717, 1.165) is 5.69 Å². The van der Waals surface area contributed by atoms with Crippen molar-refractivity contribution >= 4 is 19.9 Å². The molecule has 0 radical (unpaired) electrons. The minimum atomic E-state index is -1.67. The summed E-state index contributed by atoms with van der Waals surface area (Å²) >= 11 is 5.78. The van der Waals surface area contributed by atoms with Crippen LogP contribution in [0.25, 0.3) is 0 Å². The van der Waals surface area contributed by atoms with Crippen molar-refractivity contribution in [1.82, 2.24) is 4.98 Å². The van der Waals surface area contributed by atoms with Crippen molar-refractivity contribution < 1.29 is 4.43 Å². The monoisotopic (exact) mass is 257 g/mol. The molecule has 0 saturated heterocycles. The van der Waals surface area contributed by atoms with Crippen molar-refractivity contribution in [2.24, 2.45) is 0 Å². The lowest BCUT2D eigenvalue weighted by Gasteiger charge is -2.36. The third-order valence-electron chi connectivity index (χ3n) is 3.18. The predicted octanol–water partition coefficient (Wildman–Crippen LogP) is 4.26. The van der Waals surface area contributed by atoms with Gasteiger partial charge in [0.1, 0.15) is 0 Å². The number of nitrogens with zero attached hydrogens (tertiary/aromatic N) is 1. The zero-order valence-electron chi connectivity index (χ0n) is 10.7. The van der Waals surface area contributed by atoms with E-state index in [0.29, 0.717) is 11.6 Å². The van der Waals surface area contributed by atoms with Crippen molar-refractivity contribution in [3.63, 3.8) is 0 Å². The maximum atomic E-state index is 6.05. The Hall–Kier alpha value is -0.383. The number of hydrogen-bond donors (Lipinski definition) is 0. The molecule has 90 valence electrons. The molecule has 0 amide bonds. The first-order valence-corrected chi connectivity index (χ1v) is 8.75. The Labute approximate surface area is 104 Å². The molecule has 0 bridgehead atoms. The van der Waals surface area contributed by atoms with Gasteiger partial charge >= 0.3 is 0 Å². The molecular formula is C12H20ClNOSi. The van der Waals surface area contributed by atoms with E-state index in [4.69, 9.17) is 16.0 Å². The Morgan fingerprint density at radius 2 is 1.94 bits per heavy atom. The fourth-order valence-electron chi connectivity index (χ4n) is 0.963. The predicted molar refractivity (Wildman–Crippen MR) is 71.2 cm³/mol. The fourth-order valence-corrected chi connectivity index (χ4v) is 2.02. The molecule has 0 unspecified atom stereocenters. The Morgan fingerprint density at radius 3 is 2.38 bits per heavy atom. The van der Waals surface area contributed by atoms with Crippen molar-refractivity contribution in [3.8, 4) is 0 Å². The van der Waals surface area contributed by atoms with Crippen LogP contribution in [-0.2, 0) is 11.0 Å². The molecule has 0 atom stereocenters. The maximum absolute atomic E-state index is 6.05. The first kappa shape index (κ1) is 13.7. The molecule has 0 aliphatic carbocycles. The summed E-state index contributed by atoms with van der Waals surface area (Å²) in [5.74, 6) is 0. The van der Waals surface area contributed by atoms with Crippen LogP contribution < -0.4 is 0 Å². The van der Waals surface area contributed by atoms with Gasteiger partial charge in [0.05, 0.1) is 17.3 Å². The van der Waals surface area contributed by atoms with Crippen LogP contribution in [0.15, 0.2) is 18.3 Å². The van der Waals surface area contributed by atoms with Crippen molar-refractivity contribution in [3.05, 3.63) is 29.0 Å². The Kier molecular flexibility index (Phi) is 4.15. The van der Waals surface area contributed by atoms with E-state index in [9.17, 15) is 0 Å². The molecule has 16 heavy (non-hydrogen) atoms. The molecule has 0 aliphatic heterocycles. The van der Waals surface area contributed by atoms with Gasteiger partial charge in [0, 0.05) is 6.20 Å². The lowest BCUT2D eigenvalue weighted by Crippen LogP contribution is -2.40. The molecule has 0 spiro atoms.